The summed E-state index contributed by atoms with van der Waals surface area (Å²) in [5.41, 5.74) is 8.98. The predicted molar refractivity (Wildman–Crippen MR) is 84.4 cm³/mol. The molecule has 0 atom stereocenters. The number of thiazole rings is 1. The second-order valence-electron chi connectivity index (χ2n) is 4.59. The molecule has 0 spiro atoms. The van der Waals surface area contributed by atoms with Crippen molar-refractivity contribution in [3.05, 3.63) is 48.0 Å². The second-order valence-corrected chi connectivity index (χ2v) is 5.62. The van der Waals surface area contributed by atoms with E-state index in [1.54, 1.807) is 18.4 Å². The molecule has 4 heteroatoms. The minimum absolute atomic E-state index is 0.681. The first-order valence-electron chi connectivity index (χ1n) is 6.54. The van der Waals surface area contributed by atoms with Gasteiger partial charge in [-0.2, -0.15) is 0 Å². The van der Waals surface area contributed by atoms with Crippen molar-refractivity contribution < 1.29 is 4.74 Å². The van der Waals surface area contributed by atoms with Crippen LogP contribution in [0.4, 0.5) is 0 Å². The van der Waals surface area contributed by atoms with Crippen LogP contribution in [-0.4, -0.2) is 18.6 Å². The highest BCUT2D eigenvalue weighted by atomic mass is 32.1. The van der Waals surface area contributed by atoms with E-state index in [4.69, 9.17) is 10.5 Å². The predicted octanol–water partition coefficient (Wildman–Crippen LogP) is 3.47. The van der Waals surface area contributed by atoms with Crippen molar-refractivity contribution >= 4 is 21.6 Å². The molecule has 0 aliphatic carbocycles. The molecule has 3 aromatic rings. The summed E-state index contributed by atoms with van der Waals surface area (Å²) in [5.74, 6) is 0.867. The topological polar surface area (TPSA) is 48.1 Å². The van der Waals surface area contributed by atoms with Gasteiger partial charge in [-0.1, -0.05) is 24.3 Å². The lowest BCUT2D eigenvalue weighted by Gasteiger charge is -2.00. The highest BCUT2D eigenvalue weighted by Crippen LogP contribution is 2.32. The first-order valence-corrected chi connectivity index (χ1v) is 7.36. The number of nitrogens with two attached hydrogens (primary N) is 1. The van der Waals surface area contributed by atoms with E-state index in [1.165, 1.54) is 5.56 Å². The van der Waals surface area contributed by atoms with E-state index < -0.39 is 0 Å². The van der Waals surface area contributed by atoms with E-state index in [2.05, 4.69) is 29.2 Å². The molecule has 0 fully saturated rings. The van der Waals surface area contributed by atoms with Crippen LogP contribution >= 0.6 is 11.3 Å². The van der Waals surface area contributed by atoms with Gasteiger partial charge in [-0.05, 0) is 36.7 Å². The summed E-state index contributed by atoms with van der Waals surface area (Å²) in [6.45, 7) is 0.681. The zero-order valence-electron chi connectivity index (χ0n) is 11.3. The SMILES string of the molecule is COc1ccc2nc(-c3ccc(CCN)cc3)sc2c1. The molecule has 0 saturated heterocycles. The van der Waals surface area contributed by atoms with Gasteiger partial charge < -0.3 is 10.5 Å². The molecule has 3 nitrogen and oxygen atoms in total. The summed E-state index contributed by atoms with van der Waals surface area (Å²) < 4.78 is 6.39. The molecule has 0 aliphatic rings. The monoisotopic (exact) mass is 284 g/mol. The smallest absolute Gasteiger partial charge is 0.124 e. The van der Waals surface area contributed by atoms with Crippen molar-refractivity contribution in [2.24, 2.45) is 5.73 Å². The highest BCUT2D eigenvalue weighted by Gasteiger charge is 2.07. The Hall–Kier alpha value is -1.91. The molecule has 1 heterocycles. The maximum atomic E-state index is 5.57. The van der Waals surface area contributed by atoms with Crippen LogP contribution in [0, 0.1) is 0 Å². The first-order chi connectivity index (χ1) is 9.80. The summed E-state index contributed by atoms with van der Waals surface area (Å²) in [4.78, 5) is 4.67. The molecule has 0 radical (unpaired) electrons. The molecule has 3 rings (SSSR count). The summed E-state index contributed by atoms with van der Waals surface area (Å²) in [7, 11) is 1.68. The molecule has 20 heavy (non-hydrogen) atoms. The third-order valence-corrected chi connectivity index (χ3v) is 4.30. The number of methoxy groups -OCH3 is 1. The first kappa shape index (κ1) is 13.1. The highest BCUT2D eigenvalue weighted by molar-refractivity contribution is 7.21. The van der Waals surface area contributed by atoms with Gasteiger partial charge in [0.15, 0.2) is 0 Å². The third-order valence-electron chi connectivity index (χ3n) is 3.23. The van der Waals surface area contributed by atoms with Crippen molar-refractivity contribution in [3.63, 3.8) is 0 Å². The maximum Gasteiger partial charge on any atom is 0.124 e. The fourth-order valence-corrected chi connectivity index (χ4v) is 3.14. The number of fused-ring (bicyclic) bond motifs is 1. The van der Waals surface area contributed by atoms with Gasteiger partial charge >= 0.3 is 0 Å². The van der Waals surface area contributed by atoms with Crippen molar-refractivity contribution in [1.29, 1.82) is 0 Å². The minimum atomic E-state index is 0.681. The molecule has 0 unspecified atom stereocenters. The van der Waals surface area contributed by atoms with Crippen LogP contribution in [0.25, 0.3) is 20.8 Å². The fourth-order valence-electron chi connectivity index (χ4n) is 2.14. The van der Waals surface area contributed by atoms with E-state index in [9.17, 15) is 0 Å². The standard InChI is InChI=1S/C16H16N2OS/c1-19-13-6-7-14-15(10-13)20-16(18-14)12-4-2-11(3-5-12)8-9-17/h2-7,10H,8-9,17H2,1H3. The van der Waals surface area contributed by atoms with Crippen LogP contribution in [0.15, 0.2) is 42.5 Å². The number of aromatic nitrogens is 1. The summed E-state index contributed by atoms with van der Waals surface area (Å²) in [6, 6.07) is 14.4. The Labute approximate surface area is 122 Å². The lowest BCUT2D eigenvalue weighted by Crippen LogP contribution is -2.02. The average Bonchev–Trinajstić information content (AvgIpc) is 2.91. The molecule has 2 N–H and O–H groups in total. The number of benzene rings is 2. The largest absolute Gasteiger partial charge is 0.497 e. The molecule has 0 saturated carbocycles. The molecule has 1 aromatic heterocycles. The van der Waals surface area contributed by atoms with Crippen molar-refractivity contribution in [1.82, 2.24) is 4.98 Å². The second kappa shape index (κ2) is 5.61. The quantitative estimate of drug-likeness (QED) is 0.798. The Bertz CT molecular complexity index is 719. The third kappa shape index (κ3) is 2.53. The van der Waals surface area contributed by atoms with E-state index in [-0.39, 0.29) is 0 Å². The van der Waals surface area contributed by atoms with Gasteiger partial charge in [-0.25, -0.2) is 4.98 Å². The number of ether oxygens (including phenoxy) is 1. The zero-order chi connectivity index (χ0) is 13.9. The Morgan fingerprint density at radius 3 is 2.65 bits per heavy atom. The Balaban J connectivity index is 1.96. The fraction of sp³-hybridized carbons (Fsp3) is 0.188. The number of hydrogen-bond acceptors (Lipinski definition) is 4. The van der Waals surface area contributed by atoms with Gasteiger partial charge in [-0.15, -0.1) is 11.3 Å². The molecule has 2 aromatic carbocycles. The summed E-state index contributed by atoms with van der Waals surface area (Å²) in [5, 5.41) is 1.03. The molecule has 0 aliphatic heterocycles. The molecule has 0 amide bonds. The number of hydrogen-bond donors (Lipinski definition) is 1. The molecular weight excluding hydrogens is 268 g/mol. The van der Waals surface area contributed by atoms with Gasteiger partial charge in [0, 0.05) is 5.56 Å². The Morgan fingerprint density at radius 1 is 1.15 bits per heavy atom. The lowest BCUT2D eigenvalue weighted by molar-refractivity contribution is 0.415. The molecule has 0 bridgehead atoms. The van der Waals surface area contributed by atoms with Crippen LogP contribution in [0.1, 0.15) is 5.56 Å². The van der Waals surface area contributed by atoms with Gasteiger partial charge in [0.25, 0.3) is 0 Å². The van der Waals surface area contributed by atoms with Crippen LogP contribution in [-0.2, 0) is 6.42 Å². The van der Waals surface area contributed by atoms with E-state index in [1.807, 2.05) is 18.2 Å². The Kier molecular flexibility index (Phi) is 3.67. The van der Waals surface area contributed by atoms with E-state index >= 15 is 0 Å². The number of rotatable bonds is 4. The average molecular weight is 284 g/mol. The van der Waals surface area contributed by atoms with Gasteiger partial charge in [0.2, 0.25) is 0 Å². The van der Waals surface area contributed by atoms with Crippen molar-refractivity contribution in [2.75, 3.05) is 13.7 Å². The van der Waals surface area contributed by atoms with Crippen molar-refractivity contribution in [2.45, 2.75) is 6.42 Å². The maximum absolute atomic E-state index is 5.57. The van der Waals surface area contributed by atoms with Gasteiger partial charge in [-0.3, -0.25) is 0 Å². The van der Waals surface area contributed by atoms with Crippen LogP contribution in [0.3, 0.4) is 0 Å². The summed E-state index contributed by atoms with van der Waals surface area (Å²) >= 11 is 1.68. The lowest BCUT2D eigenvalue weighted by atomic mass is 10.1. The Morgan fingerprint density at radius 2 is 1.95 bits per heavy atom. The van der Waals surface area contributed by atoms with Gasteiger partial charge in [0.05, 0.1) is 17.3 Å². The normalized spacial score (nSPS) is 10.9. The van der Waals surface area contributed by atoms with Crippen molar-refractivity contribution in [3.8, 4) is 16.3 Å². The molecule has 102 valence electrons. The van der Waals surface area contributed by atoms with Gasteiger partial charge in [0.1, 0.15) is 10.8 Å². The minimum Gasteiger partial charge on any atom is -0.497 e. The van der Waals surface area contributed by atoms with Crippen LogP contribution < -0.4 is 10.5 Å². The van der Waals surface area contributed by atoms with Crippen LogP contribution in [0.2, 0.25) is 0 Å². The van der Waals surface area contributed by atoms with Crippen LogP contribution in [0.5, 0.6) is 5.75 Å². The summed E-state index contributed by atoms with van der Waals surface area (Å²) in [6.07, 6.45) is 0.914. The molecular formula is C16H16N2OS. The number of nitrogens with zero attached hydrogens (tertiary/aromatic N) is 1. The van der Waals surface area contributed by atoms with E-state index in [0.717, 1.165) is 33.0 Å². The zero-order valence-corrected chi connectivity index (χ0v) is 12.1. The van der Waals surface area contributed by atoms with E-state index in [0.29, 0.717) is 6.54 Å².